The van der Waals surface area contributed by atoms with Crippen molar-refractivity contribution in [1.82, 2.24) is 9.78 Å². The molecule has 6 nitrogen and oxygen atoms in total. The summed E-state index contributed by atoms with van der Waals surface area (Å²) in [5.41, 5.74) is 7.27. The zero-order chi connectivity index (χ0) is 14.5. The first-order valence-electron chi connectivity index (χ1n) is 6.27. The Morgan fingerprint density at radius 1 is 1.35 bits per heavy atom. The van der Waals surface area contributed by atoms with Crippen molar-refractivity contribution >= 4 is 11.7 Å². The Balaban J connectivity index is 2.13. The van der Waals surface area contributed by atoms with Crippen molar-refractivity contribution in [2.75, 3.05) is 19.5 Å². The summed E-state index contributed by atoms with van der Waals surface area (Å²) in [6, 6.07) is 7.60. The molecule has 1 aromatic carbocycles. The Morgan fingerprint density at radius 3 is 2.65 bits per heavy atom. The summed E-state index contributed by atoms with van der Waals surface area (Å²) in [6.07, 6.45) is 1.62. The molecule has 0 unspecified atom stereocenters. The quantitative estimate of drug-likeness (QED) is 0.840. The maximum absolute atomic E-state index is 11.6. The van der Waals surface area contributed by atoms with E-state index in [2.05, 4.69) is 5.10 Å². The van der Waals surface area contributed by atoms with E-state index < -0.39 is 5.97 Å². The Bertz CT molecular complexity index is 590. The second-order valence-corrected chi connectivity index (χ2v) is 4.20. The third kappa shape index (κ3) is 3.09. The number of anilines is 1. The predicted molar refractivity (Wildman–Crippen MR) is 74.7 cm³/mol. The molecule has 0 saturated heterocycles. The number of carbonyl (C=O) groups is 1. The van der Waals surface area contributed by atoms with E-state index in [9.17, 15) is 4.79 Å². The third-order valence-electron chi connectivity index (χ3n) is 2.76. The minimum Gasteiger partial charge on any atom is -0.497 e. The van der Waals surface area contributed by atoms with Gasteiger partial charge in [0.1, 0.15) is 5.75 Å². The molecule has 6 heteroatoms. The van der Waals surface area contributed by atoms with Crippen LogP contribution in [0.2, 0.25) is 0 Å². The minimum atomic E-state index is -0.501. The number of nitrogen functional groups attached to an aromatic ring is 1. The van der Waals surface area contributed by atoms with Crippen molar-refractivity contribution in [2.45, 2.75) is 13.5 Å². The summed E-state index contributed by atoms with van der Waals surface area (Å²) in [6.45, 7) is 2.56. The van der Waals surface area contributed by atoms with E-state index in [1.165, 1.54) is 0 Å². The molecule has 20 heavy (non-hydrogen) atoms. The van der Waals surface area contributed by atoms with E-state index in [0.29, 0.717) is 18.8 Å². The van der Waals surface area contributed by atoms with Crippen molar-refractivity contribution in [3.05, 3.63) is 41.7 Å². The lowest BCUT2D eigenvalue weighted by atomic mass is 10.2. The molecule has 1 aromatic heterocycles. The van der Waals surface area contributed by atoms with Gasteiger partial charge in [0.25, 0.3) is 0 Å². The standard InChI is InChI=1S/C14H17N3O3/c1-3-20-14(18)13-12(15)9-17(16-13)8-10-4-6-11(19-2)7-5-10/h4-7,9H,3,8,15H2,1-2H3. The minimum absolute atomic E-state index is 0.153. The molecule has 0 aliphatic rings. The highest BCUT2D eigenvalue weighted by Gasteiger charge is 2.15. The SMILES string of the molecule is CCOC(=O)c1nn(Cc2ccc(OC)cc2)cc1N. The number of hydrogen-bond donors (Lipinski definition) is 1. The lowest BCUT2D eigenvalue weighted by Crippen LogP contribution is -2.09. The number of esters is 1. The lowest BCUT2D eigenvalue weighted by molar-refractivity contribution is 0.0519. The molecular weight excluding hydrogens is 258 g/mol. The van der Waals surface area contributed by atoms with Crippen molar-refractivity contribution in [3.63, 3.8) is 0 Å². The molecule has 0 fully saturated rings. The van der Waals surface area contributed by atoms with Gasteiger partial charge in [0.2, 0.25) is 0 Å². The van der Waals surface area contributed by atoms with Crippen molar-refractivity contribution < 1.29 is 14.3 Å². The van der Waals surface area contributed by atoms with Crippen molar-refractivity contribution in [3.8, 4) is 5.75 Å². The fraction of sp³-hybridized carbons (Fsp3) is 0.286. The highest BCUT2D eigenvalue weighted by molar-refractivity contribution is 5.92. The van der Waals surface area contributed by atoms with E-state index in [1.54, 1.807) is 24.9 Å². The molecule has 2 aromatic rings. The van der Waals surface area contributed by atoms with Crippen LogP contribution in [0.15, 0.2) is 30.5 Å². The maximum atomic E-state index is 11.6. The third-order valence-corrected chi connectivity index (χ3v) is 2.76. The fourth-order valence-electron chi connectivity index (χ4n) is 1.79. The average molecular weight is 275 g/mol. The second-order valence-electron chi connectivity index (χ2n) is 4.20. The zero-order valence-corrected chi connectivity index (χ0v) is 11.5. The van der Waals surface area contributed by atoms with Crippen molar-refractivity contribution in [1.29, 1.82) is 0 Å². The van der Waals surface area contributed by atoms with Gasteiger partial charge in [-0.1, -0.05) is 12.1 Å². The monoisotopic (exact) mass is 275 g/mol. The first kappa shape index (κ1) is 13.9. The molecule has 0 bridgehead atoms. The number of aromatic nitrogens is 2. The number of methoxy groups -OCH3 is 1. The van der Waals surface area contributed by atoms with Crippen LogP contribution in [-0.2, 0) is 11.3 Å². The molecule has 0 aliphatic carbocycles. The van der Waals surface area contributed by atoms with Gasteiger partial charge in [-0.05, 0) is 24.6 Å². The van der Waals surface area contributed by atoms with Crippen LogP contribution in [0.1, 0.15) is 23.0 Å². The largest absolute Gasteiger partial charge is 0.497 e. The molecule has 0 spiro atoms. The second kappa shape index (κ2) is 6.10. The number of carbonyl (C=O) groups excluding carboxylic acids is 1. The van der Waals surface area contributed by atoms with Crippen LogP contribution in [-0.4, -0.2) is 29.5 Å². The topological polar surface area (TPSA) is 79.4 Å². The first-order chi connectivity index (χ1) is 9.63. The predicted octanol–water partition coefficient (Wildman–Crippen LogP) is 1.70. The number of nitrogens with zero attached hydrogens (tertiary/aromatic N) is 2. The number of nitrogens with two attached hydrogens (primary N) is 1. The summed E-state index contributed by atoms with van der Waals surface area (Å²) in [4.78, 5) is 11.6. The highest BCUT2D eigenvalue weighted by atomic mass is 16.5. The van der Waals surface area contributed by atoms with Gasteiger partial charge in [-0.25, -0.2) is 4.79 Å². The Morgan fingerprint density at radius 2 is 2.05 bits per heavy atom. The number of rotatable bonds is 5. The van der Waals surface area contributed by atoms with Crippen LogP contribution in [0.3, 0.4) is 0 Å². The van der Waals surface area contributed by atoms with Gasteiger partial charge >= 0.3 is 5.97 Å². The average Bonchev–Trinajstić information content (AvgIpc) is 2.81. The van der Waals surface area contributed by atoms with Gasteiger partial charge in [-0.3, -0.25) is 4.68 Å². The Hall–Kier alpha value is -2.50. The van der Waals surface area contributed by atoms with Gasteiger partial charge in [-0.2, -0.15) is 5.10 Å². The van der Waals surface area contributed by atoms with Gasteiger partial charge in [0.15, 0.2) is 5.69 Å². The molecule has 0 aliphatic heterocycles. The summed E-state index contributed by atoms with van der Waals surface area (Å²) >= 11 is 0. The Labute approximate surface area is 117 Å². The molecule has 1 heterocycles. The normalized spacial score (nSPS) is 10.3. The first-order valence-corrected chi connectivity index (χ1v) is 6.27. The number of benzene rings is 1. The van der Waals surface area contributed by atoms with Crippen LogP contribution in [0.5, 0.6) is 5.75 Å². The summed E-state index contributed by atoms with van der Waals surface area (Å²) in [5, 5.41) is 4.15. The number of hydrogen-bond acceptors (Lipinski definition) is 5. The van der Waals surface area contributed by atoms with Gasteiger partial charge < -0.3 is 15.2 Å². The van der Waals surface area contributed by atoms with Crippen LogP contribution in [0.4, 0.5) is 5.69 Å². The zero-order valence-electron chi connectivity index (χ0n) is 11.5. The van der Waals surface area contributed by atoms with E-state index in [-0.39, 0.29) is 5.69 Å². The maximum Gasteiger partial charge on any atom is 0.361 e. The van der Waals surface area contributed by atoms with Gasteiger partial charge in [-0.15, -0.1) is 0 Å². The fourth-order valence-corrected chi connectivity index (χ4v) is 1.79. The Kier molecular flexibility index (Phi) is 4.24. The molecule has 2 N–H and O–H groups in total. The van der Waals surface area contributed by atoms with E-state index in [1.807, 2.05) is 24.3 Å². The molecule has 106 valence electrons. The van der Waals surface area contributed by atoms with Crippen LogP contribution in [0, 0.1) is 0 Å². The van der Waals surface area contributed by atoms with Crippen molar-refractivity contribution in [2.24, 2.45) is 0 Å². The lowest BCUT2D eigenvalue weighted by Gasteiger charge is -2.03. The summed E-state index contributed by atoms with van der Waals surface area (Å²) in [7, 11) is 1.62. The molecule has 0 atom stereocenters. The summed E-state index contributed by atoms with van der Waals surface area (Å²) < 4.78 is 11.6. The van der Waals surface area contributed by atoms with Gasteiger partial charge in [0, 0.05) is 6.20 Å². The number of ether oxygens (including phenoxy) is 2. The molecule has 0 amide bonds. The van der Waals surface area contributed by atoms with Crippen LogP contribution < -0.4 is 10.5 Å². The molecule has 0 radical (unpaired) electrons. The van der Waals surface area contributed by atoms with Gasteiger partial charge in [0.05, 0.1) is 25.9 Å². The van der Waals surface area contributed by atoms with E-state index in [4.69, 9.17) is 15.2 Å². The summed E-state index contributed by atoms with van der Waals surface area (Å²) in [5.74, 6) is 0.291. The van der Waals surface area contributed by atoms with Crippen LogP contribution in [0.25, 0.3) is 0 Å². The molecular formula is C14H17N3O3. The molecule has 2 rings (SSSR count). The highest BCUT2D eigenvalue weighted by Crippen LogP contribution is 2.15. The van der Waals surface area contributed by atoms with E-state index >= 15 is 0 Å². The molecule has 0 saturated carbocycles. The van der Waals surface area contributed by atoms with E-state index in [0.717, 1.165) is 11.3 Å². The smallest absolute Gasteiger partial charge is 0.361 e. The van der Waals surface area contributed by atoms with Crippen LogP contribution >= 0.6 is 0 Å².